The summed E-state index contributed by atoms with van der Waals surface area (Å²) in [5.74, 6) is 2.57. The van der Waals surface area contributed by atoms with Gasteiger partial charge >= 0.3 is 6.18 Å². The number of alkyl halides is 3. The van der Waals surface area contributed by atoms with Crippen molar-refractivity contribution in [2.45, 2.75) is 44.7 Å². The second-order valence-corrected chi connectivity index (χ2v) is 8.14. The molecule has 0 aliphatic carbocycles. The molecule has 31 heavy (non-hydrogen) atoms. The van der Waals surface area contributed by atoms with Crippen LogP contribution in [0.3, 0.4) is 0 Å². The minimum Gasteiger partial charge on any atom is -0.493 e. The predicted octanol–water partition coefficient (Wildman–Crippen LogP) is 4.39. The fraction of sp³-hybridized carbons (Fsp3) is 0.682. The smallest absolute Gasteiger partial charge is 0.401 e. The molecule has 2 aliphatic rings. The Morgan fingerprint density at radius 1 is 1.16 bits per heavy atom. The van der Waals surface area contributed by atoms with Crippen molar-refractivity contribution in [1.82, 2.24) is 15.5 Å². The van der Waals surface area contributed by atoms with Crippen LogP contribution >= 0.6 is 24.0 Å². The van der Waals surface area contributed by atoms with Crippen LogP contribution in [0.5, 0.6) is 5.75 Å². The molecule has 1 fully saturated rings. The number of para-hydroxylation sites is 1. The maximum Gasteiger partial charge on any atom is 0.401 e. The average Bonchev–Trinajstić information content (AvgIpc) is 2.72. The number of fused-ring (bicyclic) bond motifs is 1. The van der Waals surface area contributed by atoms with Crippen molar-refractivity contribution in [2.75, 3.05) is 45.9 Å². The molecule has 0 aromatic heterocycles. The fourth-order valence-corrected chi connectivity index (χ4v) is 4.23. The third-order valence-corrected chi connectivity index (χ3v) is 5.85. The normalized spacial score (nSPS) is 20.4. The number of halogens is 4. The Hall–Kier alpha value is -1.23. The van der Waals surface area contributed by atoms with Gasteiger partial charge in [0.1, 0.15) is 5.75 Å². The third-order valence-electron chi connectivity index (χ3n) is 5.85. The van der Waals surface area contributed by atoms with Gasteiger partial charge in [-0.1, -0.05) is 18.2 Å². The van der Waals surface area contributed by atoms with Crippen LogP contribution in [-0.4, -0.2) is 62.9 Å². The first kappa shape index (κ1) is 26.0. The van der Waals surface area contributed by atoms with E-state index in [1.807, 2.05) is 25.1 Å². The zero-order chi connectivity index (χ0) is 21.4. The molecule has 0 bridgehead atoms. The molecule has 1 atom stereocenters. The number of guanidine groups is 1. The summed E-state index contributed by atoms with van der Waals surface area (Å²) in [6.07, 6.45) is -0.550. The molecule has 1 aromatic rings. The quantitative estimate of drug-likeness (QED) is 0.299. The molecular formula is C22H34F3IN4O. The van der Waals surface area contributed by atoms with E-state index in [9.17, 15) is 13.2 Å². The molecule has 9 heteroatoms. The van der Waals surface area contributed by atoms with Gasteiger partial charge in [-0.15, -0.1) is 24.0 Å². The van der Waals surface area contributed by atoms with Crippen molar-refractivity contribution in [1.29, 1.82) is 0 Å². The average molecular weight is 554 g/mol. The third kappa shape index (κ3) is 8.67. The van der Waals surface area contributed by atoms with E-state index >= 15 is 0 Å². The summed E-state index contributed by atoms with van der Waals surface area (Å²) in [5, 5.41) is 6.69. The van der Waals surface area contributed by atoms with Crippen molar-refractivity contribution in [2.24, 2.45) is 10.9 Å². The SMILES string of the molecule is CCNC(=NCC1CCOc2ccccc21)NCCC1CCN(CC(F)(F)F)CC1.I. The molecule has 1 unspecified atom stereocenters. The van der Waals surface area contributed by atoms with Crippen molar-refractivity contribution in [3.8, 4) is 5.75 Å². The molecule has 176 valence electrons. The molecule has 5 nitrogen and oxygen atoms in total. The molecule has 2 aliphatic heterocycles. The second kappa shape index (κ2) is 12.7. The molecule has 0 radical (unpaired) electrons. The van der Waals surface area contributed by atoms with Crippen LogP contribution in [0.4, 0.5) is 13.2 Å². The van der Waals surface area contributed by atoms with Gasteiger partial charge in [0.2, 0.25) is 0 Å². The first-order chi connectivity index (χ1) is 14.4. The zero-order valence-corrected chi connectivity index (χ0v) is 20.4. The Morgan fingerprint density at radius 2 is 1.90 bits per heavy atom. The zero-order valence-electron chi connectivity index (χ0n) is 18.1. The number of likely N-dealkylation sites (tertiary alicyclic amines) is 1. The summed E-state index contributed by atoms with van der Waals surface area (Å²) in [6, 6.07) is 8.15. The van der Waals surface area contributed by atoms with Gasteiger partial charge in [-0.3, -0.25) is 9.89 Å². The molecule has 1 aromatic carbocycles. The van der Waals surface area contributed by atoms with Crippen LogP contribution in [0.2, 0.25) is 0 Å². The molecule has 1 saturated heterocycles. The Morgan fingerprint density at radius 3 is 2.61 bits per heavy atom. The maximum absolute atomic E-state index is 12.5. The largest absolute Gasteiger partial charge is 0.493 e. The van der Waals surface area contributed by atoms with Crippen LogP contribution in [0.25, 0.3) is 0 Å². The van der Waals surface area contributed by atoms with Crippen molar-refractivity contribution >= 4 is 29.9 Å². The van der Waals surface area contributed by atoms with E-state index in [2.05, 4.69) is 16.7 Å². The Balaban J connectivity index is 0.00000341. The lowest BCUT2D eigenvalue weighted by Crippen LogP contribution is -2.41. The number of hydrogen-bond donors (Lipinski definition) is 2. The van der Waals surface area contributed by atoms with Gasteiger partial charge in [-0.2, -0.15) is 13.2 Å². The Bertz CT molecular complexity index is 694. The van der Waals surface area contributed by atoms with Gasteiger partial charge in [0.25, 0.3) is 0 Å². The van der Waals surface area contributed by atoms with E-state index in [4.69, 9.17) is 9.73 Å². The maximum atomic E-state index is 12.5. The van der Waals surface area contributed by atoms with Gasteiger partial charge in [-0.25, -0.2) is 0 Å². The second-order valence-electron chi connectivity index (χ2n) is 8.14. The number of aliphatic imine (C=N–C) groups is 1. The van der Waals surface area contributed by atoms with E-state index in [1.165, 1.54) is 10.5 Å². The van der Waals surface area contributed by atoms with Crippen molar-refractivity contribution < 1.29 is 17.9 Å². The van der Waals surface area contributed by atoms with Gasteiger partial charge in [0.05, 0.1) is 13.2 Å². The summed E-state index contributed by atoms with van der Waals surface area (Å²) in [5.41, 5.74) is 1.22. The monoisotopic (exact) mass is 554 g/mol. The van der Waals surface area contributed by atoms with E-state index in [0.29, 0.717) is 38.1 Å². The molecule has 2 N–H and O–H groups in total. The first-order valence-electron chi connectivity index (χ1n) is 11.0. The van der Waals surface area contributed by atoms with Crippen LogP contribution in [0, 0.1) is 5.92 Å². The van der Waals surface area contributed by atoms with Crippen LogP contribution in [0.15, 0.2) is 29.3 Å². The topological polar surface area (TPSA) is 48.9 Å². The number of hydrogen-bond acceptors (Lipinski definition) is 3. The molecule has 0 saturated carbocycles. The highest BCUT2D eigenvalue weighted by Crippen LogP contribution is 2.33. The number of ether oxygens (including phenoxy) is 1. The minimum atomic E-state index is -4.10. The molecule has 2 heterocycles. The molecular weight excluding hydrogens is 520 g/mol. The van der Waals surface area contributed by atoms with E-state index < -0.39 is 12.7 Å². The highest BCUT2D eigenvalue weighted by molar-refractivity contribution is 14.0. The van der Waals surface area contributed by atoms with E-state index in [-0.39, 0.29) is 24.0 Å². The number of rotatable bonds is 7. The summed E-state index contributed by atoms with van der Waals surface area (Å²) in [4.78, 5) is 6.29. The number of piperidine rings is 1. The summed E-state index contributed by atoms with van der Waals surface area (Å²) in [6.45, 7) is 5.29. The highest BCUT2D eigenvalue weighted by atomic mass is 127. The Labute approximate surface area is 200 Å². The standard InChI is InChI=1S/C22H33F3N4O.HI/c1-2-26-21(28-15-18-10-14-30-20-6-4-3-5-19(18)20)27-11-7-17-8-12-29(13-9-17)16-22(23,24)25;/h3-6,17-18H,2,7-16H2,1H3,(H2,26,27,28);1H. The lowest BCUT2D eigenvalue weighted by atomic mass is 9.93. The first-order valence-corrected chi connectivity index (χ1v) is 11.0. The Kier molecular flexibility index (Phi) is 10.7. The minimum absolute atomic E-state index is 0. The summed E-state index contributed by atoms with van der Waals surface area (Å²) >= 11 is 0. The van der Waals surface area contributed by atoms with Crippen molar-refractivity contribution in [3.63, 3.8) is 0 Å². The number of benzene rings is 1. The van der Waals surface area contributed by atoms with Gasteiger partial charge in [0, 0.05) is 25.6 Å². The van der Waals surface area contributed by atoms with Gasteiger partial charge in [0.15, 0.2) is 5.96 Å². The fourth-order valence-electron chi connectivity index (χ4n) is 4.23. The van der Waals surface area contributed by atoms with Gasteiger partial charge in [-0.05, 0) is 63.2 Å². The van der Waals surface area contributed by atoms with Gasteiger partial charge < -0.3 is 15.4 Å². The van der Waals surface area contributed by atoms with Crippen LogP contribution in [-0.2, 0) is 0 Å². The van der Waals surface area contributed by atoms with Crippen LogP contribution in [0.1, 0.15) is 44.1 Å². The van der Waals surface area contributed by atoms with E-state index in [1.54, 1.807) is 0 Å². The number of nitrogens with zero attached hydrogens (tertiary/aromatic N) is 2. The lowest BCUT2D eigenvalue weighted by Gasteiger charge is -2.32. The molecule has 3 rings (SSSR count). The highest BCUT2D eigenvalue weighted by Gasteiger charge is 2.32. The summed E-state index contributed by atoms with van der Waals surface area (Å²) < 4.78 is 43.3. The van der Waals surface area contributed by atoms with E-state index in [0.717, 1.165) is 50.5 Å². The van der Waals surface area contributed by atoms with Crippen molar-refractivity contribution in [3.05, 3.63) is 29.8 Å². The lowest BCUT2D eigenvalue weighted by molar-refractivity contribution is -0.148. The summed E-state index contributed by atoms with van der Waals surface area (Å²) in [7, 11) is 0. The van der Waals surface area contributed by atoms with Crippen LogP contribution < -0.4 is 15.4 Å². The predicted molar refractivity (Wildman–Crippen MR) is 129 cm³/mol. The number of nitrogens with one attached hydrogen (secondary N) is 2. The molecule has 0 spiro atoms. The molecule has 0 amide bonds.